The van der Waals surface area contributed by atoms with Crippen LogP contribution in [0.3, 0.4) is 0 Å². The zero-order valence-electron chi connectivity index (χ0n) is 10.5. The average Bonchev–Trinajstić information content (AvgIpc) is 2.82. The van der Waals surface area contributed by atoms with E-state index < -0.39 is 0 Å². The molecule has 2 aliphatic rings. The average molecular weight is 215 g/mol. The van der Waals surface area contributed by atoms with Crippen LogP contribution in [0.4, 0.5) is 0 Å². The van der Waals surface area contributed by atoms with Crippen molar-refractivity contribution >= 4 is 0 Å². The second-order valence-electron chi connectivity index (χ2n) is 5.95. The van der Waals surface area contributed by atoms with Gasteiger partial charge < -0.3 is 0 Å². The van der Waals surface area contributed by atoms with Gasteiger partial charge in [0.15, 0.2) is 0 Å². The summed E-state index contributed by atoms with van der Waals surface area (Å²) in [4.78, 5) is 2.63. The van der Waals surface area contributed by atoms with Crippen molar-refractivity contribution in [2.24, 2.45) is 5.92 Å². The minimum absolute atomic E-state index is 0.526. The van der Waals surface area contributed by atoms with E-state index in [1.807, 2.05) is 0 Å². The van der Waals surface area contributed by atoms with Gasteiger partial charge in [0.2, 0.25) is 0 Å². The molecule has 2 unspecified atom stereocenters. The third-order valence-electron chi connectivity index (χ3n) is 4.53. The van der Waals surface area contributed by atoms with Crippen molar-refractivity contribution in [2.45, 2.75) is 38.6 Å². The molecule has 86 valence electrons. The van der Waals surface area contributed by atoms with Gasteiger partial charge in [0.25, 0.3) is 0 Å². The summed E-state index contributed by atoms with van der Waals surface area (Å²) in [5, 5.41) is 0. The summed E-state index contributed by atoms with van der Waals surface area (Å²) in [7, 11) is 0. The Morgan fingerprint density at radius 1 is 1.25 bits per heavy atom. The van der Waals surface area contributed by atoms with E-state index in [4.69, 9.17) is 0 Å². The van der Waals surface area contributed by atoms with Crippen molar-refractivity contribution in [3.8, 4) is 0 Å². The van der Waals surface area contributed by atoms with Crippen LogP contribution in [-0.4, -0.2) is 24.0 Å². The lowest BCUT2D eigenvalue weighted by Crippen LogP contribution is -2.32. The number of benzene rings is 1. The van der Waals surface area contributed by atoms with E-state index in [2.05, 4.69) is 49.9 Å². The highest BCUT2D eigenvalue weighted by atomic mass is 15.2. The van der Waals surface area contributed by atoms with Crippen LogP contribution in [0.2, 0.25) is 0 Å². The molecule has 2 fully saturated rings. The highest BCUT2D eigenvalue weighted by molar-refractivity contribution is 5.38. The molecule has 1 saturated carbocycles. The Kier molecular flexibility index (Phi) is 2.16. The van der Waals surface area contributed by atoms with Crippen molar-refractivity contribution in [1.82, 2.24) is 4.90 Å². The zero-order valence-corrected chi connectivity index (χ0v) is 10.5. The third kappa shape index (κ3) is 1.41. The van der Waals surface area contributed by atoms with E-state index >= 15 is 0 Å². The van der Waals surface area contributed by atoms with Crippen LogP contribution in [0.25, 0.3) is 0 Å². The quantitative estimate of drug-likeness (QED) is 0.733. The van der Waals surface area contributed by atoms with Crippen molar-refractivity contribution in [1.29, 1.82) is 0 Å². The molecule has 1 aromatic rings. The van der Waals surface area contributed by atoms with E-state index in [1.54, 1.807) is 5.56 Å². The van der Waals surface area contributed by atoms with E-state index in [0.29, 0.717) is 11.5 Å². The summed E-state index contributed by atoms with van der Waals surface area (Å²) in [5.41, 5.74) is 3.47. The lowest BCUT2D eigenvalue weighted by Gasteiger charge is -2.24. The van der Waals surface area contributed by atoms with E-state index in [-0.39, 0.29) is 0 Å². The van der Waals surface area contributed by atoms with Gasteiger partial charge in [0.05, 0.1) is 0 Å². The van der Waals surface area contributed by atoms with Crippen molar-refractivity contribution in [2.75, 3.05) is 13.1 Å². The van der Waals surface area contributed by atoms with Gasteiger partial charge in [-0.3, -0.25) is 4.90 Å². The van der Waals surface area contributed by atoms with Gasteiger partial charge in [-0.05, 0) is 38.7 Å². The second kappa shape index (κ2) is 3.33. The molecule has 0 aromatic heterocycles. The van der Waals surface area contributed by atoms with Gasteiger partial charge in [-0.15, -0.1) is 0 Å². The standard InChI is InChI=1S/C15H21N/c1-11(2)16-9-14-8-15(14,10-16)13-6-4-12(3)5-7-13/h4-7,11,14H,8-10H2,1-3H3. The van der Waals surface area contributed by atoms with Gasteiger partial charge in [-0.1, -0.05) is 29.8 Å². The maximum absolute atomic E-state index is 2.63. The minimum atomic E-state index is 0.526. The molecule has 0 N–H and O–H groups in total. The number of rotatable bonds is 2. The van der Waals surface area contributed by atoms with Crippen LogP contribution in [0.15, 0.2) is 24.3 Å². The molecule has 0 radical (unpaired) electrons. The molecule has 1 aromatic carbocycles. The number of nitrogens with zero attached hydrogens (tertiary/aromatic N) is 1. The monoisotopic (exact) mass is 215 g/mol. The lowest BCUT2D eigenvalue weighted by molar-refractivity contribution is 0.243. The fourth-order valence-corrected chi connectivity index (χ4v) is 3.25. The van der Waals surface area contributed by atoms with Crippen LogP contribution in [0.5, 0.6) is 0 Å². The molecule has 1 nitrogen and oxygen atoms in total. The Morgan fingerprint density at radius 3 is 2.50 bits per heavy atom. The molecule has 0 spiro atoms. The topological polar surface area (TPSA) is 3.24 Å². The Balaban J connectivity index is 1.84. The van der Waals surface area contributed by atoms with Crippen LogP contribution < -0.4 is 0 Å². The first-order chi connectivity index (χ1) is 7.62. The largest absolute Gasteiger partial charge is 0.300 e. The molecule has 16 heavy (non-hydrogen) atoms. The highest BCUT2D eigenvalue weighted by Crippen LogP contribution is 2.59. The van der Waals surface area contributed by atoms with E-state index in [1.165, 1.54) is 25.1 Å². The number of hydrogen-bond donors (Lipinski definition) is 0. The molecule has 1 heterocycles. The molecule has 2 atom stereocenters. The highest BCUT2D eigenvalue weighted by Gasteiger charge is 2.60. The lowest BCUT2D eigenvalue weighted by atomic mass is 9.94. The second-order valence-corrected chi connectivity index (χ2v) is 5.95. The van der Waals surface area contributed by atoms with E-state index in [9.17, 15) is 0 Å². The number of hydrogen-bond acceptors (Lipinski definition) is 1. The normalized spacial score (nSPS) is 33.1. The van der Waals surface area contributed by atoms with Gasteiger partial charge in [-0.25, -0.2) is 0 Å². The maximum atomic E-state index is 2.63. The Labute approximate surface area is 98.5 Å². The number of piperidine rings is 1. The number of aryl methyl sites for hydroxylation is 1. The molecule has 1 aliphatic heterocycles. The Hall–Kier alpha value is -0.820. The summed E-state index contributed by atoms with van der Waals surface area (Å²) in [6, 6.07) is 9.92. The fourth-order valence-electron chi connectivity index (χ4n) is 3.25. The van der Waals surface area contributed by atoms with Crippen LogP contribution in [0, 0.1) is 12.8 Å². The molecule has 1 saturated heterocycles. The molecular formula is C15H21N. The smallest absolute Gasteiger partial charge is 0.0124 e. The predicted octanol–water partition coefficient (Wildman–Crippen LogP) is 2.98. The Bertz CT molecular complexity index is 392. The molecular weight excluding hydrogens is 194 g/mol. The number of likely N-dealkylation sites (tertiary alicyclic amines) is 1. The maximum Gasteiger partial charge on any atom is 0.0124 e. The van der Waals surface area contributed by atoms with Crippen LogP contribution >= 0.6 is 0 Å². The van der Waals surface area contributed by atoms with Gasteiger partial charge in [0, 0.05) is 24.5 Å². The predicted molar refractivity (Wildman–Crippen MR) is 67.7 cm³/mol. The van der Waals surface area contributed by atoms with Crippen molar-refractivity contribution < 1.29 is 0 Å². The van der Waals surface area contributed by atoms with E-state index in [0.717, 1.165) is 5.92 Å². The number of fused-ring (bicyclic) bond motifs is 1. The first kappa shape index (κ1) is 10.3. The van der Waals surface area contributed by atoms with Gasteiger partial charge >= 0.3 is 0 Å². The minimum Gasteiger partial charge on any atom is -0.300 e. The molecule has 0 bridgehead atoms. The fraction of sp³-hybridized carbons (Fsp3) is 0.600. The zero-order chi connectivity index (χ0) is 11.3. The third-order valence-corrected chi connectivity index (χ3v) is 4.53. The summed E-state index contributed by atoms with van der Waals surface area (Å²) < 4.78 is 0. The molecule has 1 heteroatoms. The first-order valence-electron chi connectivity index (χ1n) is 6.43. The van der Waals surface area contributed by atoms with Gasteiger partial charge in [-0.2, -0.15) is 0 Å². The summed E-state index contributed by atoms with van der Waals surface area (Å²) in [6.45, 7) is 9.38. The van der Waals surface area contributed by atoms with Crippen LogP contribution in [0.1, 0.15) is 31.4 Å². The van der Waals surface area contributed by atoms with Crippen molar-refractivity contribution in [3.05, 3.63) is 35.4 Å². The summed E-state index contributed by atoms with van der Waals surface area (Å²) >= 11 is 0. The van der Waals surface area contributed by atoms with Gasteiger partial charge in [0.1, 0.15) is 0 Å². The SMILES string of the molecule is Cc1ccc(C23CC2CN(C(C)C)C3)cc1. The molecule has 0 amide bonds. The van der Waals surface area contributed by atoms with Crippen LogP contribution in [-0.2, 0) is 5.41 Å². The molecule has 3 rings (SSSR count). The Morgan fingerprint density at radius 2 is 1.94 bits per heavy atom. The van der Waals surface area contributed by atoms with Crippen molar-refractivity contribution in [3.63, 3.8) is 0 Å². The summed E-state index contributed by atoms with van der Waals surface area (Å²) in [5.74, 6) is 0.928. The summed E-state index contributed by atoms with van der Waals surface area (Å²) in [6.07, 6.45) is 1.42. The molecule has 1 aliphatic carbocycles. The first-order valence-corrected chi connectivity index (χ1v) is 6.43.